The minimum Gasteiger partial charge on any atom is -0.322 e. The molecule has 1 spiro atoms. The van der Waals surface area contributed by atoms with Crippen molar-refractivity contribution in [3.8, 4) is 0 Å². The number of fused-ring (bicyclic) bond motifs is 1. The third-order valence-electron chi connectivity index (χ3n) is 5.30. The first kappa shape index (κ1) is 17.1. The van der Waals surface area contributed by atoms with Crippen LogP contribution >= 0.6 is 0 Å². The van der Waals surface area contributed by atoms with Gasteiger partial charge in [-0.3, -0.25) is 14.5 Å². The molecule has 1 aromatic heterocycles. The van der Waals surface area contributed by atoms with Crippen LogP contribution in [-0.4, -0.2) is 58.0 Å². The summed E-state index contributed by atoms with van der Waals surface area (Å²) in [4.78, 5) is 51.1. The number of hydrogen-bond donors (Lipinski definition) is 2. The number of likely N-dealkylation sites (N-methyl/N-ethyl adjacent to an activating group) is 1. The summed E-state index contributed by atoms with van der Waals surface area (Å²) < 4.78 is 1.51. The Labute approximate surface area is 154 Å². The van der Waals surface area contributed by atoms with Crippen molar-refractivity contribution < 1.29 is 14.4 Å². The number of carbonyl (C=O) groups excluding carboxylic acids is 3. The van der Waals surface area contributed by atoms with Gasteiger partial charge in [0.1, 0.15) is 5.54 Å². The number of urea groups is 2. The van der Waals surface area contributed by atoms with Crippen LogP contribution in [0.2, 0.25) is 0 Å². The SMILES string of the molecule is CN1C(=O)NC2(CCN(C(=O)Nc3ccc4ccc(=O)n(C)c4c3)C2)C1=O. The maximum atomic E-state index is 12.6. The number of carbonyl (C=O) groups is 3. The standard InChI is InChI=1S/C18H19N5O4/c1-21-13-9-12(5-3-11(13)4-6-14(21)24)19-16(26)23-8-7-18(10-23)15(25)22(2)17(27)20-18/h3-6,9H,7-8,10H2,1-2H3,(H,19,26)(H,20,27). The van der Waals surface area contributed by atoms with Crippen LogP contribution in [0, 0.1) is 0 Å². The quantitative estimate of drug-likeness (QED) is 0.722. The van der Waals surface area contributed by atoms with Gasteiger partial charge in [-0.2, -0.15) is 0 Å². The largest absolute Gasteiger partial charge is 0.324 e. The minimum absolute atomic E-state index is 0.125. The summed E-state index contributed by atoms with van der Waals surface area (Å²) in [6, 6.07) is 7.74. The van der Waals surface area contributed by atoms with E-state index < -0.39 is 11.6 Å². The number of aromatic nitrogens is 1. The second kappa shape index (κ2) is 5.83. The van der Waals surface area contributed by atoms with Crippen molar-refractivity contribution in [3.05, 3.63) is 40.7 Å². The van der Waals surface area contributed by atoms with E-state index in [0.717, 1.165) is 10.3 Å². The maximum absolute atomic E-state index is 12.6. The molecule has 0 aliphatic carbocycles. The Bertz CT molecular complexity index is 1050. The van der Waals surface area contributed by atoms with Gasteiger partial charge in [-0.05, 0) is 30.0 Å². The van der Waals surface area contributed by atoms with E-state index in [1.807, 2.05) is 6.07 Å². The van der Waals surface area contributed by atoms with E-state index in [2.05, 4.69) is 10.6 Å². The predicted octanol–water partition coefficient (Wildman–Crippen LogP) is 0.696. The summed E-state index contributed by atoms with van der Waals surface area (Å²) in [7, 11) is 3.10. The van der Waals surface area contributed by atoms with Crippen molar-refractivity contribution >= 4 is 34.6 Å². The highest BCUT2D eigenvalue weighted by Crippen LogP contribution is 2.28. The van der Waals surface area contributed by atoms with Gasteiger partial charge in [0.15, 0.2) is 0 Å². The molecule has 3 heterocycles. The third-order valence-corrected chi connectivity index (χ3v) is 5.30. The van der Waals surface area contributed by atoms with Crippen molar-refractivity contribution in [1.82, 2.24) is 19.7 Å². The number of likely N-dealkylation sites (tertiary alicyclic amines) is 1. The van der Waals surface area contributed by atoms with E-state index in [9.17, 15) is 19.2 Å². The van der Waals surface area contributed by atoms with Gasteiger partial charge >= 0.3 is 12.1 Å². The number of hydrogen-bond acceptors (Lipinski definition) is 4. The highest BCUT2D eigenvalue weighted by Gasteiger charge is 2.54. The Morgan fingerprint density at radius 1 is 1.15 bits per heavy atom. The lowest BCUT2D eigenvalue weighted by molar-refractivity contribution is -0.129. The molecule has 1 unspecified atom stereocenters. The molecule has 5 amide bonds. The van der Waals surface area contributed by atoms with Crippen LogP contribution in [0.4, 0.5) is 15.3 Å². The number of pyridine rings is 1. The van der Waals surface area contributed by atoms with Crippen molar-refractivity contribution in [1.29, 1.82) is 0 Å². The van der Waals surface area contributed by atoms with Crippen LogP contribution in [-0.2, 0) is 11.8 Å². The number of anilines is 1. The molecule has 4 rings (SSSR count). The number of aryl methyl sites for hydroxylation is 1. The molecular weight excluding hydrogens is 350 g/mol. The van der Waals surface area contributed by atoms with Gasteiger partial charge in [0.25, 0.3) is 11.5 Å². The summed E-state index contributed by atoms with van der Waals surface area (Å²) in [6.07, 6.45) is 0.377. The summed E-state index contributed by atoms with van der Waals surface area (Å²) >= 11 is 0. The lowest BCUT2D eigenvalue weighted by Crippen LogP contribution is -2.50. The van der Waals surface area contributed by atoms with Crippen LogP contribution in [0.3, 0.4) is 0 Å². The molecule has 0 saturated carbocycles. The Morgan fingerprint density at radius 3 is 2.59 bits per heavy atom. The number of benzene rings is 1. The Morgan fingerprint density at radius 2 is 1.89 bits per heavy atom. The Kier molecular flexibility index (Phi) is 3.69. The summed E-state index contributed by atoms with van der Waals surface area (Å²) in [6.45, 7) is 0.484. The molecule has 2 aromatic rings. The molecule has 2 aliphatic rings. The zero-order valence-corrected chi connectivity index (χ0v) is 15.0. The normalized spacial score (nSPS) is 22.0. The van der Waals surface area contributed by atoms with E-state index in [1.54, 1.807) is 25.2 Å². The van der Waals surface area contributed by atoms with Crippen molar-refractivity contribution in [2.24, 2.45) is 7.05 Å². The fourth-order valence-electron chi connectivity index (χ4n) is 3.66. The first-order valence-electron chi connectivity index (χ1n) is 8.57. The maximum Gasteiger partial charge on any atom is 0.324 e. The van der Waals surface area contributed by atoms with Crippen LogP contribution < -0.4 is 16.2 Å². The molecule has 1 aromatic carbocycles. The molecule has 9 heteroatoms. The van der Waals surface area contributed by atoms with Gasteiger partial charge in [-0.25, -0.2) is 9.59 Å². The number of nitrogens with one attached hydrogen (secondary N) is 2. The monoisotopic (exact) mass is 369 g/mol. The van der Waals surface area contributed by atoms with Gasteiger partial charge in [-0.1, -0.05) is 6.07 Å². The molecular formula is C18H19N5O4. The van der Waals surface area contributed by atoms with Gasteiger partial charge < -0.3 is 20.1 Å². The summed E-state index contributed by atoms with van der Waals surface area (Å²) in [5.74, 6) is -0.316. The first-order valence-corrected chi connectivity index (χ1v) is 8.57. The Balaban J connectivity index is 1.53. The van der Waals surface area contributed by atoms with Crippen molar-refractivity contribution in [2.45, 2.75) is 12.0 Å². The van der Waals surface area contributed by atoms with Crippen LogP contribution in [0.5, 0.6) is 0 Å². The lowest BCUT2D eigenvalue weighted by atomic mass is 9.99. The first-order chi connectivity index (χ1) is 12.8. The second-order valence-corrected chi connectivity index (χ2v) is 6.98. The third kappa shape index (κ3) is 2.62. The average Bonchev–Trinajstić information content (AvgIpc) is 3.17. The van der Waals surface area contributed by atoms with E-state index in [-0.39, 0.29) is 24.0 Å². The number of nitrogens with zero attached hydrogens (tertiary/aromatic N) is 3. The fourth-order valence-corrected chi connectivity index (χ4v) is 3.66. The van der Waals surface area contributed by atoms with E-state index in [4.69, 9.17) is 0 Å². The van der Waals surface area contributed by atoms with Crippen molar-refractivity contribution in [3.63, 3.8) is 0 Å². The molecule has 2 N–H and O–H groups in total. The molecule has 2 saturated heterocycles. The number of rotatable bonds is 1. The highest BCUT2D eigenvalue weighted by atomic mass is 16.2. The Hall–Kier alpha value is -3.36. The number of imide groups is 1. The molecule has 2 fully saturated rings. The van der Waals surface area contributed by atoms with Gasteiger partial charge in [0, 0.05) is 32.4 Å². The summed E-state index contributed by atoms with van der Waals surface area (Å²) in [5.41, 5.74) is 0.0925. The highest BCUT2D eigenvalue weighted by molar-refractivity contribution is 6.07. The minimum atomic E-state index is -1.03. The molecule has 2 aliphatic heterocycles. The summed E-state index contributed by atoms with van der Waals surface area (Å²) in [5, 5.41) is 6.38. The van der Waals surface area contributed by atoms with Crippen LogP contribution in [0.15, 0.2) is 35.1 Å². The van der Waals surface area contributed by atoms with Gasteiger partial charge in [0.05, 0.1) is 12.1 Å². The van der Waals surface area contributed by atoms with Gasteiger partial charge in [-0.15, -0.1) is 0 Å². The molecule has 0 bridgehead atoms. The second-order valence-electron chi connectivity index (χ2n) is 6.98. The zero-order valence-electron chi connectivity index (χ0n) is 15.0. The van der Waals surface area contributed by atoms with Crippen molar-refractivity contribution in [2.75, 3.05) is 25.5 Å². The predicted molar refractivity (Wildman–Crippen MR) is 98.4 cm³/mol. The zero-order chi connectivity index (χ0) is 19.3. The fraction of sp³-hybridized carbons (Fsp3) is 0.333. The van der Waals surface area contributed by atoms with E-state index in [0.29, 0.717) is 24.2 Å². The smallest absolute Gasteiger partial charge is 0.322 e. The average molecular weight is 369 g/mol. The number of amides is 5. The van der Waals surface area contributed by atoms with Crippen LogP contribution in [0.25, 0.3) is 10.9 Å². The lowest BCUT2D eigenvalue weighted by Gasteiger charge is -2.22. The van der Waals surface area contributed by atoms with Gasteiger partial charge in [0.2, 0.25) is 0 Å². The van der Waals surface area contributed by atoms with Crippen LogP contribution in [0.1, 0.15) is 6.42 Å². The van der Waals surface area contributed by atoms with E-state index >= 15 is 0 Å². The molecule has 140 valence electrons. The molecule has 0 radical (unpaired) electrons. The molecule has 27 heavy (non-hydrogen) atoms. The molecule has 1 atom stereocenters. The molecule has 9 nitrogen and oxygen atoms in total. The topological polar surface area (TPSA) is 104 Å². The van der Waals surface area contributed by atoms with E-state index in [1.165, 1.54) is 22.6 Å².